The Morgan fingerprint density at radius 2 is 2.00 bits per heavy atom. The molecule has 1 aliphatic rings. The first-order valence-electron chi connectivity index (χ1n) is 9.03. The summed E-state index contributed by atoms with van der Waals surface area (Å²) in [4.78, 5) is 31.4. The average Bonchev–Trinajstić information content (AvgIpc) is 3.16. The van der Waals surface area contributed by atoms with E-state index in [2.05, 4.69) is 25.9 Å². The maximum Gasteiger partial charge on any atom is 0.284 e. The molecule has 0 aliphatic carbocycles. The van der Waals surface area contributed by atoms with Crippen molar-refractivity contribution in [3.63, 3.8) is 0 Å². The van der Waals surface area contributed by atoms with Crippen molar-refractivity contribution in [2.75, 3.05) is 24.3 Å². The molecule has 28 heavy (non-hydrogen) atoms. The van der Waals surface area contributed by atoms with Crippen LogP contribution in [0.15, 0.2) is 47.6 Å². The minimum atomic E-state index is -0.256. The number of amidine groups is 1. The normalized spacial score (nSPS) is 16.9. The first-order chi connectivity index (χ1) is 13.5. The smallest absolute Gasteiger partial charge is 0.284 e. The Kier molecular flexibility index (Phi) is 6.21. The van der Waals surface area contributed by atoms with Crippen LogP contribution in [0.5, 0.6) is 0 Å². The first-order valence-corrected chi connectivity index (χ1v) is 9.03. The van der Waals surface area contributed by atoms with Gasteiger partial charge in [-0.3, -0.25) is 9.59 Å². The second-order valence-corrected chi connectivity index (χ2v) is 6.48. The number of nitrogens with zero attached hydrogens (tertiary/aromatic N) is 2. The van der Waals surface area contributed by atoms with Gasteiger partial charge in [0, 0.05) is 25.9 Å². The standard InChI is InChI=1S/C20H23N5O3/c1-13(26)23-18-10-6-15(11-22-18)19(27)24-16-7-3-14(4-8-16)5-9-17-12-28-20(21-2)25-17/h3-4,6-8,10-11,17H,5,9,12H2,1-2H3,(H,21,25)(H,24,27)(H,22,23,26). The molecule has 1 fully saturated rings. The van der Waals surface area contributed by atoms with Crippen molar-refractivity contribution < 1.29 is 14.3 Å². The van der Waals surface area contributed by atoms with Crippen molar-refractivity contribution in [2.45, 2.75) is 25.8 Å². The number of nitrogens with one attached hydrogen (secondary N) is 3. The highest BCUT2D eigenvalue weighted by molar-refractivity contribution is 6.04. The fraction of sp³-hybridized carbons (Fsp3) is 0.300. The number of pyridine rings is 1. The van der Waals surface area contributed by atoms with Gasteiger partial charge in [-0.1, -0.05) is 12.1 Å². The zero-order valence-electron chi connectivity index (χ0n) is 15.9. The number of hydrogen-bond donors (Lipinski definition) is 3. The molecular weight excluding hydrogens is 358 g/mol. The van der Waals surface area contributed by atoms with Crippen LogP contribution < -0.4 is 16.0 Å². The third-order valence-corrected chi connectivity index (χ3v) is 4.27. The van der Waals surface area contributed by atoms with E-state index in [1.165, 1.54) is 18.7 Å². The van der Waals surface area contributed by atoms with Crippen LogP contribution >= 0.6 is 0 Å². The van der Waals surface area contributed by atoms with Gasteiger partial charge in [0.25, 0.3) is 11.9 Å². The molecule has 0 spiro atoms. The Hall–Kier alpha value is -3.42. The van der Waals surface area contributed by atoms with E-state index in [0.717, 1.165) is 12.8 Å². The largest absolute Gasteiger partial charge is 0.463 e. The zero-order valence-corrected chi connectivity index (χ0v) is 15.9. The fourth-order valence-electron chi connectivity index (χ4n) is 2.80. The predicted molar refractivity (Wildman–Crippen MR) is 107 cm³/mol. The highest BCUT2D eigenvalue weighted by Crippen LogP contribution is 2.15. The number of carbonyl (C=O) groups is 2. The number of anilines is 2. The van der Waals surface area contributed by atoms with Gasteiger partial charge in [0.05, 0.1) is 11.6 Å². The second kappa shape index (κ2) is 8.98. The first kappa shape index (κ1) is 19.3. The van der Waals surface area contributed by atoms with Crippen molar-refractivity contribution >= 4 is 29.3 Å². The lowest BCUT2D eigenvalue weighted by Crippen LogP contribution is -2.27. The van der Waals surface area contributed by atoms with E-state index in [9.17, 15) is 9.59 Å². The van der Waals surface area contributed by atoms with E-state index in [1.54, 1.807) is 19.2 Å². The van der Waals surface area contributed by atoms with Gasteiger partial charge in [-0.25, -0.2) is 9.98 Å². The Labute approximate surface area is 163 Å². The lowest BCUT2D eigenvalue weighted by Gasteiger charge is -2.09. The van der Waals surface area contributed by atoms with Gasteiger partial charge in [0.2, 0.25) is 5.91 Å². The molecule has 0 saturated carbocycles. The summed E-state index contributed by atoms with van der Waals surface area (Å²) >= 11 is 0. The minimum Gasteiger partial charge on any atom is -0.463 e. The number of carbonyl (C=O) groups excluding carboxylic acids is 2. The number of aryl methyl sites for hydroxylation is 1. The summed E-state index contributed by atoms with van der Waals surface area (Å²) in [6.45, 7) is 2.04. The lowest BCUT2D eigenvalue weighted by molar-refractivity contribution is -0.114. The average molecular weight is 381 g/mol. The molecule has 1 saturated heterocycles. The number of rotatable bonds is 6. The third kappa shape index (κ3) is 5.29. The van der Waals surface area contributed by atoms with Gasteiger partial charge < -0.3 is 20.7 Å². The number of benzene rings is 1. The molecule has 0 radical (unpaired) electrons. The van der Waals surface area contributed by atoms with Crippen molar-refractivity contribution in [1.29, 1.82) is 0 Å². The van der Waals surface area contributed by atoms with Crippen molar-refractivity contribution in [3.8, 4) is 0 Å². The molecule has 1 atom stereocenters. The van der Waals surface area contributed by atoms with Crippen LogP contribution in [0.2, 0.25) is 0 Å². The number of aromatic nitrogens is 1. The summed E-state index contributed by atoms with van der Waals surface area (Å²) in [5.74, 6) is -0.0545. The Balaban J connectivity index is 1.50. The van der Waals surface area contributed by atoms with E-state index in [1.807, 2.05) is 24.3 Å². The van der Waals surface area contributed by atoms with Gasteiger partial charge >= 0.3 is 0 Å². The number of aliphatic imine (C=N–C) groups is 1. The van der Waals surface area contributed by atoms with Gasteiger partial charge in [0.1, 0.15) is 12.4 Å². The number of amides is 2. The van der Waals surface area contributed by atoms with E-state index in [4.69, 9.17) is 4.74 Å². The quantitative estimate of drug-likeness (QED) is 0.711. The highest BCUT2D eigenvalue weighted by Gasteiger charge is 2.19. The maximum atomic E-state index is 12.3. The molecule has 1 unspecified atom stereocenters. The Morgan fingerprint density at radius 3 is 2.61 bits per heavy atom. The van der Waals surface area contributed by atoms with Crippen LogP contribution in [0.3, 0.4) is 0 Å². The lowest BCUT2D eigenvalue weighted by atomic mass is 10.1. The molecule has 1 aliphatic heterocycles. The summed E-state index contributed by atoms with van der Waals surface area (Å²) < 4.78 is 5.40. The summed E-state index contributed by atoms with van der Waals surface area (Å²) in [7, 11) is 1.70. The third-order valence-electron chi connectivity index (χ3n) is 4.27. The molecule has 8 nitrogen and oxygen atoms in total. The molecule has 2 amide bonds. The molecule has 3 rings (SSSR count). The zero-order chi connectivity index (χ0) is 19.9. The molecule has 1 aromatic carbocycles. The van der Waals surface area contributed by atoms with Gasteiger partial charge in [-0.05, 0) is 42.7 Å². The molecule has 2 heterocycles. The Bertz CT molecular complexity index is 862. The van der Waals surface area contributed by atoms with Crippen LogP contribution in [-0.2, 0) is 16.0 Å². The summed E-state index contributed by atoms with van der Waals surface area (Å²) in [6.07, 6.45) is 3.28. The maximum absolute atomic E-state index is 12.3. The van der Waals surface area contributed by atoms with Gasteiger partial charge in [-0.2, -0.15) is 0 Å². The van der Waals surface area contributed by atoms with Crippen LogP contribution in [0.25, 0.3) is 0 Å². The highest BCUT2D eigenvalue weighted by atomic mass is 16.5. The van der Waals surface area contributed by atoms with E-state index in [-0.39, 0.29) is 17.9 Å². The number of ether oxygens (including phenoxy) is 1. The topological polar surface area (TPSA) is 105 Å². The molecule has 8 heteroatoms. The molecule has 1 aromatic heterocycles. The summed E-state index contributed by atoms with van der Waals surface area (Å²) in [5.41, 5.74) is 2.31. The molecule has 146 valence electrons. The van der Waals surface area contributed by atoms with Crippen LogP contribution in [0.1, 0.15) is 29.3 Å². The van der Waals surface area contributed by atoms with E-state index in [0.29, 0.717) is 29.7 Å². The minimum absolute atomic E-state index is 0.208. The van der Waals surface area contributed by atoms with E-state index < -0.39 is 0 Å². The van der Waals surface area contributed by atoms with Crippen molar-refractivity contribution in [1.82, 2.24) is 10.3 Å². The summed E-state index contributed by atoms with van der Waals surface area (Å²) in [5, 5.41) is 8.63. The van der Waals surface area contributed by atoms with E-state index >= 15 is 0 Å². The summed E-state index contributed by atoms with van der Waals surface area (Å²) in [6, 6.07) is 11.8. The van der Waals surface area contributed by atoms with Crippen LogP contribution in [0, 0.1) is 0 Å². The van der Waals surface area contributed by atoms with Gasteiger partial charge in [-0.15, -0.1) is 0 Å². The molecule has 2 aromatic rings. The van der Waals surface area contributed by atoms with Crippen molar-refractivity contribution in [3.05, 3.63) is 53.7 Å². The van der Waals surface area contributed by atoms with Crippen molar-refractivity contribution in [2.24, 2.45) is 4.99 Å². The molecular formula is C20H23N5O3. The Morgan fingerprint density at radius 1 is 1.21 bits per heavy atom. The number of hydrogen-bond acceptors (Lipinski definition) is 5. The SMILES string of the molecule is CN=C1NC(CCc2ccc(NC(=O)c3ccc(NC(C)=O)nc3)cc2)CO1. The fourth-order valence-corrected chi connectivity index (χ4v) is 2.80. The van der Waals surface area contributed by atoms with Crippen LogP contribution in [0.4, 0.5) is 11.5 Å². The van der Waals surface area contributed by atoms with Crippen LogP contribution in [-0.4, -0.2) is 42.5 Å². The monoisotopic (exact) mass is 381 g/mol. The second-order valence-electron chi connectivity index (χ2n) is 6.48. The van der Waals surface area contributed by atoms with Gasteiger partial charge in [0.15, 0.2) is 0 Å². The predicted octanol–water partition coefficient (Wildman–Crippen LogP) is 2.20. The molecule has 3 N–H and O–H groups in total. The molecule has 0 bridgehead atoms.